The predicted molar refractivity (Wildman–Crippen MR) is 49.9 cm³/mol. The number of aliphatic hydroxyl groups excluding tert-OH is 1. The Morgan fingerprint density at radius 2 is 2.23 bits per heavy atom. The number of benzene rings is 1. The van der Waals surface area contributed by atoms with Gasteiger partial charge in [0.15, 0.2) is 0 Å². The highest BCUT2D eigenvalue weighted by Gasteiger charge is 2.23. The molecule has 1 aromatic rings. The molecule has 0 aliphatic carbocycles. The third-order valence-electron chi connectivity index (χ3n) is 2.33. The van der Waals surface area contributed by atoms with Crippen LogP contribution in [0.5, 0.6) is 0 Å². The molecule has 13 heavy (non-hydrogen) atoms. The highest BCUT2D eigenvalue weighted by molar-refractivity contribution is 5.24. The summed E-state index contributed by atoms with van der Waals surface area (Å²) >= 11 is 0. The number of rotatable bonds is 3. The minimum Gasteiger partial charge on any atom is -0.394 e. The van der Waals surface area contributed by atoms with Gasteiger partial charge in [-0.25, -0.2) is 4.39 Å². The molecule has 0 heterocycles. The smallest absolute Gasteiger partial charge is 0.123 e. The van der Waals surface area contributed by atoms with Crippen LogP contribution in [0.25, 0.3) is 0 Å². The van der Waals surface area contributed by atoms with Gasteiger partial charge in [-0.15, -0.1) is 0 Å². The van der Waals surface area contributed by atoms with Crippen molar-refractivity contribution in [2.45, 2.75) is 12.5 Å². The topological polar surface area (TPSA) is 32.3 Å². The molecule has 2 nitrogen and oxygen atoms in total. The fourth-order valence-corrected chi connectivity index (χ4v) is 1.15. The number of halogens is 1. The summed E-state index contributed by atoms with van der Waals surface area (Å²) in [7, 11) is 1.74. The van der Waals surface area contributed by atoms with Crippen LogP contribution in [-0.4, -0.2) is 18.8 Å². The second-order valence-corrected chi connectivity index (χ2v) is 3.25. The molecule has 1 unspecified atom stereocenters. The molecule has 0 amide bonds. The van der Waals surface area contributed by atoms with Gasteiger partial charge in [0, 0.05) is 0 Å². The third-order valence-corrected chi connectivity index (χ3v) is 2.33. The van der Waals surface area contributed by atoms with Gasteiger partial charge in [0.2, 0.25) is 0 Å². The van der Waals surface area contributed by atoms with Crippen molar-refractivity contribution in [3.63, 3.8) is 0 Å². The molecule has 1 rings (SSSR count). The van der Waals surface area contributed by atoms with Crippen LogP contribution in [0, 0.1) is 5.82 Å². The van der Waals surface area contributed by atoms with E-state index in [1.807, 2.05) is 6.92 Å². The van der Waals surface area contributed by atoms with E-state index in [0.29, 0.717) is 0 Å². The molecule has 0 bridgehead atoms. The van der Waals surface area contributed by atoms with Gasteiger partial charge in [-0.05, 0) is 31.7 Å². The second-order valence-electron chi connectivity index (χ2n) is 3.25. The van der Waals surface area contributed by atoms with Gasteiger partial charge < -0.3 is 10.4 Å². The highest BCUT2D eigenvalue weighted by atomic mass is 19.1. The standard InChI is InChI=1S/C10H14FNO/c1-10(7-13,12-2)8-4-3-5-9(11)6-8/h3-6,12-13H,7H2,1-2H3. The van der Waals surface area contributed by atoms with Crippen molar-refractivity contribution >= 4 is 0 Å². The molecule has 0 saturated carbocycles. The van der Waals surface area contributed by atoms with Crippen LogP contribution in [0.15, 0.2) is 24.3 Å². The van der Waals surface area contributed by atoms with Crippen LogP contribution in [0.2, 0.25) is 0 Å². The Balaban J connectivity index is 3.05. The van der Waals surface area contributed by atoms with E-state index in [9.17, 15) is 4.39 Å². The number of nitrogens with one attached hydrogen (secondary N) is 1. The lowest BCUT2D eigenvalue weighted by atomic mass is 9.93. The molecule has 0 saturated heterocycles. The lowest BCUT2D eigenvalue weighted by Crippen LogP contribution is -2.40. The summed E-state index contributed by atoms with van der Waals surface area (Å²) in [4.78, 5) is 0. The Morgan fingerprint density at radius 3 is 2.69 bits per heavy atom. The van der Waals surface area contributed by atoms with Gasteiger partial charge in [-0.1, -0.05) is 12.1 Å². The maximum atomic E-state index is 12.9. The molecule has 1 aromatic carbocycles. The van der Waals surface area contributed by atoms with E-state index in [1.165, 1.54) is 12.1 Å². The molecule has 0 spiro atoms. The third kappa shape index (κ3) is 2.05. The van der Waals surface area contributed by atoms with Crippen LogP contribution in [-0.2, 0) is 5.54 Å². The van der Waals surface area contributed by atoms with E-state index in [4.69, 9.17) is 5.11 Å². The first-order valence-corrected chi connectivity index (χ1v) is 4.18. The van der Waals surface area contributed by atoms with Crippen LogP contribution < -0.4 is 5.32 Å². The summed E-state index contributed by atoms with van der Waals surface area (Å²) in [6.07, 6.45) is 0. The molecular formula is C10H14FNO. The van der Waals surface area contributed by atoms with E-state index in [2.05, 4.69) is 5.32 Å². The van der Waals surface area contributed by atoms with E-state index >= 15 is 0 Å². The van der Waals surface area contributed by atoms with Crippen molar-refractivity contribution in [2.24, 2.45) is 0 Å². The summed E-state index contributed by atoms with van der Waals surface area (Å²) in [6.45, 7) is 1.76. The molecule has 72 valence electrons. The zero-order valence-electron chi connectivity index (χ0n) is 7.84. The molecule has 0 aromatic heterocycles. The zero-order chi connectivity index (χ0) is 9.90. The average Bonchev–Trinajstić information content (AvgIpc) is 2.17. The van der Waals surface area contributed by atoms with Crippen molar-refractivity contribution < 1.29 is 9.50 Å². The predicted octanol–water partition coefficient (Wildman–Crippen LogP) is 1.25. The van der Waals surface area contributed by atoms with Gasteiger partial charge in [0.1, 0.15) is 5.82 Å². The van der Waals surface area contributed by atoms with Crippen molar-refractivity contribution in [3.05, 3.63) is 35.6 Å². The fraction of sp³-hybridized carbons (Fsp3) is 0.400. The minimum atomic E-state index is -0.567. The summed E-state index contributed by atoms with van der Waals surface area (Å²) in [6, 6.07) is 6.23. The van der Waals surface area contributed by atoms with E-state index in [-0.39, 0.29) is 12.4 Å². The van der Waals surface area contributed by atoms with Crippen molar-refractivity contribution in [3.8, 4) is 0 Å². The van der Waals surface area contributed by atoms with Crippen LogP contribution in [0.1, 0.15) is 12.5 Å². The highest BCUT2D eigenvalue weighted by Crippen LogP contribution is 2.19. The average molecular weight is 183 g/mol. The Kier molecular flexibility index (Phi) is 3.01. The number of aliphatic hydroxyl groups is 1. The SMILES string of the molecule is CNC(C)(CO)c1cccc(F)c1. The van der Waals surface area contributed by atoms with Crippen molar-refractivity contribution in [2.75, 3.05) is 13.7 Å². The van der Waals surface area contributed by atoms with Gasteiger partial charge in [-0.2, -0.15) is 0 Å². The van der Waals surface area contributed by atoms with Crippen molar-refractivity contribution in [1.29, 1.82) is 0 Å². The lowest BCUT2D eigenvalue weighted by Gasteiger charge is -2.27. The summed E-state index contributed by atoms with van der Waals surface area (Å²) in [5.74, 6) is -0.285. The van der Waals surface area contributed by atoms with Crippen LogP contribution in [0.4, 0.5) is 4.39 Å². The maximum absolute atomic E-state index is 12.9. The Hall–Kier alpha value is -0.930. The van der Waals surface area contributed by atoms with Gasteiger partial charge in [0.25, 0.3) is 0 Å². The van der Waals surface area contributed by atoms with Crippen LogP contribution in [0.3, 0.4) is 0 Å². The first kappa shape index (κ1) is 10.2. The Bertz CT molecular complexity index is 284. The van der Waals surface area contributed by atoms with E-state index in [1.54, 1.807) is 19.2 Å². The number of hydrogen-bond donors (Lipinski definition) is 2. The largest absolute Gasteiger partial charge is 0.394 e. The monoisotopic (exact) mass is 183 g/mol. The molecule has 0 aliphatic rings. The Labute approximate surface area is 77.4 Å². The molecule has 0 fully saturated rings. The maximum Gasteiger partial charge on any atom is 0.123 e. The number of likely N-dealkylation sites (N-methyl/N-ethyl adjacent to an activating group) is 1. The molecule has 0 radical (unpaired) electrons. The molecule has 0 aliphatic heterocycles. The molecule has 3 heteroatoms. The normalized spacial score (nSPS) is 15.4. The minimum absolute atomic E-state index is 0.0625. The zero-order valence-corrected chi connectivity index (χ0v) is 7.84. The fourth-order valence-electron chi connectivity index (χ4n) is 1.15. The molecular weight excluding hydrogens is 169 g/mol. The quantitative estimate of drug-likeness (QED) is 0.739. The second kappa shape index (κ2) is 3.85. The number of hydrogen-bond acceptors (Lipinski definition) is 2. The summed E-state index contributed by atoms with van der Waals surface area (Å²) < 4.78 is 12.9. The van der Waals surface area contributed by atoms with Crippen molar-refractivity contribution in [1.82, 2.24) is 5.32 Å². The first-order valence-electron chi connectivity index (χ1n) is 4.18. The molecule has 1 atom stereocenters. The van der Waals surface area contributed by atoms with Gasteiger partial charge in [-0.3, -0.25) is 0 Å². The van der Waals surface area contributed by atoms with Gasteiger partial charge in [0.05, 0.1) is 12.1 Å². The van der Waals surface area contributed by atoms with E-state index in [0.717, 1.165) is 5.56 Å². The summed E-state index contributed by atoms with van der Waals surface area (Å²) in [5.41, 5.74) is 0.180. The lowest BCUT2D eigenvalue weighted by molar-refractivity contribution is 0.183. The Morgan fingerprint density at radius 1 is 1.54 bits per heavy atom. The van der Waals surface area contributed by atoms with Crippen LogP contribution >= 0.6 is 0 Å². The van der Waals surface area contributed by atoms with Gasteiger partial charge >= 0.3 is 0 Å². The summed E-state index contributed by atoms with van der Waals surface area (Å²) in [5, 5.41) is 12.1. The van der Waals surface area contributed by atoms with E-state index < -0.39 is 5.54 Å². The molecule has 2 N–H and O–H groups in total. The first-order chi connectivity index (χ1) is 6.12.